The van der Waals surface area contributed by atoms with Gasteiger partial charge in [0.2, 0.25) is 0 Å². The molecule has 19 heavy (non-hydrogen) atoms. The van der Waals surface area contributed by atoms with Crippen molar-refractivity contribution in [3.05, 3.63) is 16.4 Å². The first-order valence-electron chi connectivity index (χ1n) is 7.23. The maximum Gasteiger partial charge on any atom is 0.0969 e. The van der Waals surface area contributed by atoms with Crippen molar-refractivity contribution in [2.24, 2.45) is 0 Å². The molecule has 0 aliphatic carbocycles. The topological polar surface area (TPSA) is 47.3 Å². The average molecular weight is 331 g/mol. The van der Waals surface area contributed by atoms with E-state index in [1.807, 2.05) is 4.68 Å². The fourth-order valence-electron chi connectivity index (χ4n) is 2.61. The second kappa shape index (κ2) is 7.41. The molecule has 2 rings (SSSR count). The smallest absolute Gasteiger partial charge is 0.0969 e. The molecule has 108 valence electrons. The van der Waals surface area contributed by atoms with Crippen LogP contribution in [0.25, 0.3) is 0 Å². The summed E-state index contributed by atoms with van der Waals surface area (Å²) in [5.41, 5.74) is 0.901. The molecule has 0 amide bonds. The predicted molar refractivity (Wildman–Crippen MR) is 78.0 cm³/mol. The SMILES string of the molecule is CCCn1ncc(Br)c1C(O)CCC1CCCCO1. The van der Waals surface area contributed by atoms with E-state index in [0.717, 1.165) is 49.0 Å². The van der Waals surface area contributed by atoms with Crippen LogP contribution in [0.2, 0.25) is 0 Å². The molecule has 0 aromatic carbocycles. The highest BCUT2D eigenvalue weighted by atomic mass is 79.9. The molecule has 1 saturated heterocycles. The van der Waals surface area contributed by atoms with Crippen LogP contribution in [-0.2, 0) is 11.3 Å². The molecule has 1 aromatic rings. The van der Waals surface area contributed by atoms with Gasteiger partial charge in [-0.25, -0.2) is 0 Å². The number of hydrogen-bond donors (Lipinski definition) is 1. The number of aromatic nitrogens is 2. The van der Waals surface area contributed by atoms with Crippen LogP contribution in [-0.4, -0.2) is 27.6 Å². The molecule has 1 aliphatic rings. The Morgan fingerprint density at radius 3 is 3.11 bits per heavy atom. The van der Waals surface area contributed by atoms with Crippen LogP contribution in [0.4, 0.5) is 0 Å². The van der Waals surface area contributed by atoms with Crippen LogP contribution < -0.4 is 0 Å². The van der Waals surface area contributed by atoms with Gasteiger partial charge in [-0.1, -0.05) is 6.92 Å². The van der Waals surface area contributed by atoms with Gasteiger partial charge in [0.1, 0.15) is 0 Å². The Balaban J connectivity index is 1.91. The summed E-state index contributed by atoms with van der Waals surface area (Å²) in [5.74, 6) is 0. The van der Waals surface area contributed by atoms with E-state index in [9.17, 15) is 5.11 Å². The number of hydrogen-bond acceptors (Lipinski definition) is 3. The summed E-state index contributed by atoms with van der Waals surface area (Å²) >= 11 is 3.48. The minimum atomic E-state index is -0.464. The fourth-order valence-corrected chi connectivity index (χ4v) is 3.17. The summed E-state index contributed by atoms with van der Waals surface area (Å²) in [6.07, 6.45) is 7.85. The molecule has 0 saturated carbocycles. The van der Waals surface area contributed by atoms with Crippen molar-refractivity contribution in [1.82, 2.24) is 9.78 Å². The highest BCUT2D eigenvalue weighted by Crippen LogP contribution is 2.28. The van der Waals surface area contributed by atoms with Crippen molar-refractivity contribution in [2.75, 3.05) is 6.61 Å². The van der Waals surface area contributed by atoms with Gasteiger partial charge in [-0.3, -0.25) is 4.68 Å². The zero-order chi connectivity index (χ0) is 13.7. The van der Waals surface area contributed by atoms with Gasteiger partial charge >= 0.3 is 0 Å². The third kappa shape index (κ3) is 4.04. The van der Waals surface area contributed by atoms with Crippen molar-refractivity contribution in [1.29, 1.82) is 0 Å². The lowest BCUT2D eigenvalue weighted by Gasteiger charge is -2.23. The molecule has 5 heteroatoms. The zero-order valence-electron chi connectivity index (χ0n) is 11.5. The fraction of sp³-hybridized carbons (Fsp3) is 0.786. The molecule has 0 spiro atoms. The van der Waals surface area contributed by atoms with Crippen molar-refractivity contribution in [2.45, 2.75) is 64.2 Å². The van der Waals surface area contributed by atoms with E-state index < -0.39 is 6.10 Å². The first-order chi connectivity index (χ1) is 9.22. The van der Waals surface area contributed by atoms with E-state index in [1.54, 1.807) is 6.20 Å². The van der Waals surface area contributed by atoms with E-state index in [4.69, 9.17) is 4.74 Å². The number of ether oxygens (including phenoxy) is 1. The first-order valence-corrected chi connectivity index (χ1v) is 8.02. The monoisotopic (exact) mass is 330 g/mol. The van der Waals surface area contributed by atoms with Crippen LogP contribution in [0.3, 0.4) is 0 Å². The van der Waals surface area contributed by atoms with Gasteiger partial charge in [0.05, 0.1) is 28.6 Å². The number of aryl methyl sites for hydroxylation is 1. The lowest BCUT2D eigenvalue weighted by molar-refractivity contribution is 0.00148. The van der Waals surface area contributed by atoms with Crippen molar-refractivity contribution in [3.63, 3.8) is 0 Å². The minimum absolute atomic E-state index is 0.324. The highest BCUT2D eigenvalue weighted by Gasteiger charge is 2.20. The molecule has 2 heterocycles. The molecule has 1 aliphatic heterocycles. The van der Waals surface area contributed by atoms with Crippen molar-refractivity contribution in [3.8, 4) is 0 Å². The second-order valence-electron chi connectivity index (χ2n) is 5.18. The molecule has 0 bridgehead atoms. The summed E-state index contributed by atoms with van der Waals surface area (Å²) in [6, 6.07) is 0. The number of rotatable bonds is 6. The van der Waals surface area contributed by atoms with E-state index in [2.05, 4.69) is 28.0 Å². The third-order valence-electron chi connectivity index (χ3n) is 3.62. The number of halogens is 1. The molecular weight excluding hydrogens is 308 g/mol. The van der Waals surface area contributed by atoms with Gasteiger partial charge in [0.25, 0.3) is 0 Å². The standard InChI is InChI=1S/C14H23BrN2O2/c1-2-8-17-14(12(15)10-16-17)13(18)7-6-11-5-3-4-9-19-11/h10-11,13,18H,2-9H2,1H3. The Morgan fingerprint density at radius 2 is 2.42 bits per heavy atom. The molecule has 2 unspecified atom stereocenters. The van der Waals surface area contributed by atoms with Gasteiger partial charge in [0, 0.05) is 13.2 Å². The molecule has 4 nitrogen and oxygen atoms in total. The van der Waals surface area contributed by atoms with Crippen LogP contribution >= 0.6 is 15.9 Å². The number of aliphatic hydroxyl groups excluding tert-OH is 1. The van der Waals surface area contributed by atoms with E-state index in [0.29, 0.717) is 6.10 Å². The van der Waals surface area contributed by atoms with Gasteiger partial charge in [-0.15, -0.1) is 0 Å². The Kier molecular flexibility index (Phi) is 5.85. The summed E-state index contributed by atoms with van der Waals surface area (Å²) < 4.78 is 8.51. The molecule has 1 aromatic heterocycles. The Hall–Kier alpha value is -0.390. The minimum Gasteiger partial charge on any atom is -0.387 e. The van der Waals surface area contributed by atoms with E-state index in [1.165, 1.54) is 12.8 Å². The summed E-state index contributed by atoms with van der Waals surface area (Å²) in [5, 5.41) is 14.7. The quantitative estimate of drug-likeness (QED) is 0.869. The van der Waals surface area contributed by atoms with Crippen LogP contribution in [0.1, 0.15) is 57.2 Å². The lowest BCUT2D eigenvalue weighted by Crippen LogP contribution is -2.20. The third-order valence-corrected chi connectivity index (χ3v) is 4.23. The van der Waals surface area contributed by atoms with Gasteiger partial charge < -0.3 is 9.84 Å². The lowest BCUT2D eigenvalue weighted by atomic mass is 10.0. The zero-order valence-corrected chi connectivity index (χ0v) is 13.1. The summed E-state index contributed by atoms with van der Waals surface area (Å²) in [4.78, 5) is 0. The van der Waals surface area contributed by atoms with E-state index in [-0.39, 0.29) is 0 Å². The molecule has 2 atom stereocenters. The first kappa shape index (κ1) is 15.0. The number of aliphatic hydroxyl groups is 1. The van der Waals surface area contributed by atoms with Crippen molar-refractivity contribution < 1.29 is 9.84 Å². The predicted octanol–water partition coefficient (Wildman–Crippen LogP) is 3.44. The Morgan fingerprint density at radius 1 is 1.58 bits per heavy atom. The summed E-state index contributed by atoms with van der Waals surface area (Å²) in [7, 11) is 0. The molecule has 1 N–H and O–H groups in total. The maximum absolute atomic E-state index is 10.4. The Labute approximate surface area is 123 Å². The Bertz CT molecular complexity index is 389. The van der Waals surface area contributed by atoms with E-state index >= 15 is 0 Å². The average Bonchev–Trinajstić information content (AvgIpc) is 2.79. The molecule has 1 fully saturated rings. The van der Waals surface area contributed by atoms with Crippen LogP contribution in [0, 0.1) is 0 Å². The normalized spacial score (nSPS) is 21.5. The van der Waals surface area contributed by atoms with Crippen LogP contribution in [0.15, 0.2) is 10.7 Å². The van der Waals surface area contributed by atoms with Gasteiger partial charge in [0.15, 0.2) is 0 Å². The van der Waals surface area contributed by atoms with Crippen molar-refractivity contribution >= 4 is 15.9 Å². The maximum atomic E-state index is 10.4. The largest absolute Gasteiger partial charge is 0.387 e. The van der Waals surface area contributed by atoms with Crippen LogP contribution in [0.5, 0.6) is 0 Å². The van der Waals surface area contributed by atoms with Gasteiger partial charge in [-0.2, -0.15) is 5.10 Å². The highest BCUT2D eigenvalue weighted by molar-refractivity contribution is 9.10. The summed E-state index contributed by atoms with van der Waals surface area (Å²) in [6.45, 7) is 3.83. The second-order valence-corrected chi connectivity index (χ2v) is 6.04. The molecule has 0 radical (unpaired) electrons. The number of nitrogens with zero attached hydrogens (tertiary/aromatic N) is 2. The molecular formula is C14H23BrN2O2. The van der Waals surface area contributed by atoms with Gasteiger partial charge in [-0.05, 0) is 54.5 Å².